The summed E-state index contributed by atoms with van der Waals surface area (Å²) in [7, 11) is -3.83. The van der Waals surface area contributed by atoms with Crippen LogP contribution in [0, 0.1) is 0 Å². The highest BCUT2D eigenvalue weighted by Gasteiger charge is 2.32. The molecule has 1 aliphatic rings. The first-order chi connectivity index (χ1) is 18.7. The number of rotatable bonds is 6. The van der Waals surface area contributed by atoms with E-state index in [4.69, 9.17) is 0 Å². The minimum Gasteiger partial charge on any atom is -0.465 e. The van der Waals surface area contributed by atoms with E-state index in [0.717, 1.165) is 22.6 Å². The maximum atomic E-state index is 13.3. The fraction of sp³-hybridized carbons (Fsp3) is 0.214. The van der Waals surface area contributed by atoms with Gasteiger partial charge in [-0.2, -0.15) is 0 Å². The zero-order valence-electron chi connectivity index (χ0n) is 21.2. The van der Waals surface area contributed by atoms with Gasteiger partial charge in [0.25, 0.3) is 11.1 Å². The molecule has 3 aromatic carbocycles. The third-order valence-electron chi connectivity index (χ3n) is 6.66. The first-order valence-electron chi connectivity index (χ1n) is 12.4. The highest BCUT2D eigenvalue weighted by atomic mass is 32.2. The maximum absolute atomic E-state index is 13.3. The first kappa shape index (κ1) is 26.1. The second kappa shape index (κ2) is 10.7. The van der Waals surface area contributed by atoms with E-state index in [9.17, 15) is 23.1 Å². The molecule has 1 aromatic heterocycles. The number of carboxylic acid groups (broad SMARTS) is 1. The van der Waals surface area contributed by atoms with Crippen molar-refractivity contribution in [2.24, 2.45) is 0 Å². The molecule has 11 heteroatoms. The van der Waals surface area contributed by atoms with Gasteiger partial charge in [-0.25, -0.2) is 23.2 Å². The zero-order valence-corrected chi connectivity index (χ0v) is 22.0. The molecule has 200 valence electrons. The molecule has 1 atom stereocenters. The second-order valence-corrected chi connectivity index (χ2v) is 11.3. The van der Waals surface area contributed by atoms with E-state index in [0.29, 0.717) is 24.3 Å². The van der Waals surface area contributed by atoms with Gasteiger partial charge in [0.1, 0.15) is 11.6 Å². The van der Waals surface area contributed by atoms with Crippen LogP contribution < -0.4 is 10.2 Å². The summed E-state index contributed by atoms with van der Waals surface area (Å²) < 4.78 is 25.0. The average molecular weight is 546 g/mol. The lowest BCUT2D eigenvalue weighted by molar-refractivity contribution is 0.102. The summed E-state index contributed by atoms with van der Waals surface area (Å²) in [5.74, 6) is -0.102. The third kappa shape index (κ3) is 5.83. The van der Waals surface area contributed by atoms with Crippen molar-refractivity contribution in [2.75, 3.05) is 36.1 Å². The number of benzene rings is 3. The number of nitrogens with zero attached hydrogens (tertiary/aromatic N) is 4. The molecule has 0 bridgehead atoms. The van der Waals surface area contributed by atoms with Gasteiger partial charge in [-0.1, -0.05) is 66.7 Å². The van der Waals surface area contributed by atoms with Crippen LogP contribution in [0.1, 0.15) is 15.9 Å². The third-order valence-corrected chi connectivity index (χ3v) is 7.51. The molecule has 0 radical (unpaired) electrons. The van der Waals surface area contributed by atoms with E-state index in [-0.39, 0.29) is 24.9 Å². The first-order valence-corrected chi connectivity index (χ1v) is 14.2. The molecule has 1 aliphatic heterocycles. The number of carbonyl (C=O) groups excluding carboxylic acids is 1. The predicted octanol–water partition coefficient (Wildman–Crippen LogP) is 3.70. The molecule has 4 aromatic rings. The van der Waals surface area contributed by atoms with E-state index in [1.165, 1.54) is 11.0 Å². The summed E-state index contributed by atoms with van der Waals surface area (Å²) >= 11 is 0. The van der Waals surface area contributed by atoms with Crippen molar-refractivity contribution < 1.29 is 23.1 Å². The number of amides is 2. The van der Waals surface area contributed by atoms with Gasteiger partial charge in [-0.3, -0.25) is 4.79 Å². The van der Waals surface area contributed by atoms with Crippen LogP contribution in [0.3, 0.4) is 0 Å². The van der Waals surface area contributed by atoms with Crippen LogP contribution >= 0.6 is 0 Å². The number of carbonyl (C=O) groups is 2. The zero-order chi connectivity index (χ0) is 27.6. The molecule has 2 heterocycles. The number of piperazine rings is 1. The number of hydrogen-bond acceptors (Lipinski definition) is 7. The molecule has 1 fully saturated rings. The predicted molar refractivity (Wildman–Crippen MR) is 148 cm³/mol. The van der Waals surface area contributed by atoms with Crippen molar-refractivity contribution in [1.29, 1.82) is 0 Å². The summed E-state index contributed by atoms with van der Waals surface area (Å²) in [6, 6.07) is 23.7. The number of hydrogen-bond donors (Lipinski definition) is 2. The standard InChI is InChI=1S/C28H27N5O5S/c1-39(37,38)27-30-24(29-26(34)23-13-7-11-20-10-5-6-12-22(20)23)17-25(31-27)33-15-14-32(28(35)36)18-21(33)16-19-8-3-2-4-9-19/h2-13,17,21H,14-16,18H2,1H3,(H,35,36)(H,29,30,31,34). The topological polar surface area (TPSA) is 133 Å². The van der Waals surface area contributed by atoms with Crippen LogP contribution in [-0.4, -0.2) is 72.3 Å². The molecule has 5 rings (SSSR count). The average Bonchev–Trinajstić information content (AvgIpc) is 2.92. The second-order valence-electron chi connectivity index (χ2n) is 9.41. The molecule has 1 unspecified atom stereocenters. The van der Waals surface area contributed by atoms with Gasteiger partial charge < -0.3 is 20.2 Å². The molecule has 39 heavy (non-hydrogen) atoms. The van der Waals surface area contributed by atoms with Crippen molar-refractivity contribution in [3.8, 4) is 0 Å². The van der Waals surface area contributed by atoms with E-state index in [1.807, 2.05) is 65.6 Å². The quantitative estimate of drug-likeness (QED) is 0.351. The van der Waals surface area contributed by atoms with Crippen LogP contribution in [0.15, 0.2) is 84.0 Å². The molecule has 0 spiro atoms. The maximum Gasteiger partial charge on any atom is 0.407 e. The summed E-state index contributed by atoms with van der Waals surface area (Å²) in [5.41, 5.74) is 1.42. The molecule has 10 nitrogen and oxygen atoms in total. The highest BCUT2D eigenvalue weighted by molar-refractivity contribution is 7.90. The van der Waals surface area contributed by atoms with Crippen molar-refractivity contribution in [2.45, 2.75) is 17.6 Å². The van der Waals surface area contributed by atoms with Crippen LogP contribution in [0.4, 0.5) is 16.4 Å². The van der Waals surface area contributed by atoms with Crippen LogP contribution in [0.5, 0.6) is 0 Å². The Morgan fingerprint density at radius 1 is 0.974 bits per heavy atom. The van der Waals surface area contributed by atoms with Crippen molar-refractivity contribution in [3.63, 3.8) is 0 Å². The van der Waals surface area contributed by atoms with E-state index >= 15 is 0 Å². The largest absolute Gasteiger partial charge is 0.465 e. The SMILES string of the molecule is CS(=O)(=O)c1nc(NC(=O)c2cccc3ccccc23)cc(N2CCN(C(=O)O)CC2Cc2ccccc2)n1. The van der Waals surface area contributed by atoms with Crippen molar-refractivity contribution in [3.05, 3.63) is 90.0 Å². The monoisotopic (exact) mass is 545 g/mol. The van der Waals surface area contributed by atoms with Crippen molar-refractivity contribution >= 4 is 44.2 Å². The minimum absolute atomic E-state index is 0.0393. The van der Waals surface area contributed by atoms with Gasteiger partial charge in [-0.15, -0.1) is 0 Å². The van der Waals surface area contributed by atoms with Gasteiger partial charge in [0.2, 0.25) is 9.84 Å². The normalized spacial score (nSPS) is 15.8. The Hall–Kier alpha value is -4.51. The Morgan fingerprint density at radius 2 is 1.69 bits per heavy atom. The minimum atomic E-state index is -3.83. The van der Waals surface area contributed by atoms with Gasteiger partial charge in [0, 0.05) is 37.5 Å². The molecular weight excluding hydrogens is 518 g/mol. The fourth-order valence-corrected chi connectivity index (χ4v) is 5.31. The van der Waals surface area contributed by atoms with Crippen LogP contribution in [0.2, 0.25) is 0 Å². The van der Waals surface area contributed by atoms with Crippen molar-refractivity contribution in [1.82, 2.24) is 14.9 Å². The molecular formula is C28H27N5O5S. The molecule has 0 saturated carbocycles. The van der Waals surface area contributed by atoms with Gasteiger partial charge in [0.05, 0.1) is 6.04 Å². The smallest absolute Gasteiger partial charge is 0.407 e. The number of sulfone groups is 1. The Balaban J connectivity index is 1.51. The molecule has 2 amide bonds. The molecule has 1 saturated heterocycles. The lowest BCUT2D eigenvalue weighted by Crippen LogP contribution is -2.55. The molecule has 2 N–H and O–H groups in total. The number of fused-ring (bicyclic) bond motifs is 1. The lowest BCUT2D eigenvalue weighted by atomic mass is 10.0. The Labute approximate surface area is 225 Å². The summed E-state index contributed by atoms with van der Waals surface area (Å²) in [5, 5.41) is 13.6. The van der Waals surface area contributed by atoms with Crippen LogP contribution in [-0.2, 0) is 16.3 Å². The Bertz CT molecular complexity index is 1640. The Kier molecular flexibility index (Phi) is 7.16. The fourth-order valence-electron chi connectivity index (χ4n) is 4.79. The van der Waals surface area contributed by atoms with Gasteiger partial charge in [-0.05, 0) is 28.8 Å². The van der Waals surface area contributed by atoms with E-state index in [2.05, 4.69) is 15.3 Å². The summed E-state index contributed by atoms with van der Waals surface area (Å²) in [6.45, 7) is 0.720. The number of aromatic nitrogens is 2. The number of anilines is 2. The lowest BCUT2D eigenvalue weighted by Gasteiger charge is -2.41. The van der Waals surface area contributed by atoms with Gasteiger partial charge >= 0.3 is 6.09 Å². The Morgan fingerprint density at radius 3 is 2.44 bits per heavy atom. The number of nitrogens with one attached hydrogen (secondary N) is 1. The van der Waals surface area contributed by atoms with E-state index < -0.39 is 27.0 Å². The van der Waals surface area contributed by atoms with Gasteiger partial charge in [0.15, 0.2) is 0 Å². The van der Waals surface area contributed by atoms with Crippen LogP contribution in [0.25, 0.3) is 10.8 Å². The highest BCUT2D eigenvalue weighted by Crippen LogP contribution is 2.26. The van der Waals surface area contributed by atoms with E-state index in [1.54, 1.807) is 12.1 Å². The summed E-state index contributed by atoms with van der Waals surface area (Å²) in [6.07, 6.45) is 0.502. The summed E-state index contributed by atoms with van der Waals surface area (Å²) in [4.78, 5) is 36.7. The molecule has 0 aliphatic carbocycles.